The van der Waals surface area contributed by atoms with Gasteiger partial charge in [0.25, 0.3) is 0 Å². The number of carbonyl (C=O) groups excluding carboxylic acids is 2. The second kappa shape index (κ2) is 10.5. The van der Waals surface area contributed by atoms with Gasteiger partial charge in [-0.3, -0.25) is 9.59 Å². The highest BCUT2D eigenvalue weighted by Gasteiger charge is 2.26. The van der Waals surface area contributed by atoms with E-state index in [2.05, 4.69) is 10.1 Å². The molecule has 0 saturated heterocycles. The molecule has 1 amide bonds. The summed E-state index contributed by atoms with van der Waals surface area (Å²) in [5.74, 6) is -1.89. The molecule has 0 spiro atoms. The number of carbonyl (C=O) groups is 2. The van der Waals surface area contributed by atoms with E-state index >= 15 is 0 Å². The molecule has 1 unspecified atom stereocenters. The van der Waals surface area contributed by atoms with Crippen molar-refractivity contribution in [3.63, 3.8) is 0 Å². The fraction of sp³-hybridized carbons (Fsp3) is 0.529. The number of amides is 1. The van der Waals surface area contributed by atoms with Gasteiger partial charge >= 0.3 is 5.97 Å². The van der Waals surface area contributed by atoms with Crippen LogP contribution in [0.3, 0.4) is 0 Å². The van der Waals surface area contributed by atoms with E-state index in [9.17, 15) is 18.0 Å². The number of halogens is 1. The van der Waals surface area contributed by atoms with Crippen molar-refractivity contribution in [2.75, 3.05) is 12.9 Å². The molecular formula is C17H27ClN2O5S. The molecule has 0 bridgehead atoms. The van der Waals surface area contributed by atoms with Gasteiger partial charge in [-0.15, -0.1) is 12.4 Å². The Hall–Kier alpha value is -1.64. The van der Waals surface area contributed by atoms with Crippen molar-refractivity contribution in [2.24, 2.45) is 5.73 Å². The summed E-state index contributed by atoms with van der Waals surface area (Å²) in [7, 11) is -2.42. The van der Waals surface area contributed by atoms with Crippen LogP contribution < -0.4 is 11.1 Å². The summed E-state index contributed by atoms with van der Waals surface area (Å²) >= 11 is 0. The lowest BCUT2D eigenvalue weighted by Crippen LogP contribution is -2.51. The first-order valence-electron chi connectivity index (χ1n) is 8.02. The number of benzene rings is 1. The standard InChI is InChI=1S/C17H26N2O5S.ClH/c1-4-9-17(2,18)16(21)19-10-13-5-7-14(8-6-13)11-25(22,23)12-15(20)24-3;/h5-8H,4,9-12,18H2,1-3H3,(H,19,21);1H. The lowest BCUT2D eigenvalue weighted by Gasteiger charge is -2.22. The molecule has 7 nitrogen and oxygen atoms in total. The maximum Gasteiger partial charge on any atom is 0.320 e. The van der Waals surface area contributed by atoms with Gasteiger partial charge in [-0.1, -0.05) is 37.6 Å². The first-order chi connectivity index (χ1) is 11.6. The molecule has 0 aliphatic heterocycles. The predicted octanol–water partition coefficient (Wildman–Crippen LogP) is 1.33. The van der Waals surface area contributed by atoms with Crippen molar-refractivity contribution < 1.29 is 22.7 Å². The molecule has 1 aromatic carbocycles. The summed E-state index contributed by atoms with van der Waals surface area (Å²) in [4.78, 5) is 23.2. The molecule has 9 heteroatoms. The van der Waals surface area contributed by atoms with Crippen molar-refractivity contribution in [1.29, 1.82) is 0 Å². The summed E-state index contributed by atoms with van der Waals surface area (Å²) in [6.45, 7) is 3.97. The average Bonchev–Trinajstić information content (AvgIpc) is 2.52. The molecule has 0 fully saturated rings. The normalized spacial score (nSPS) is 13.2. The van der Waals surface area contributed by atoms with Crippen LogP contribution in [0.1, 0.15) is 37.8 Å². The Labute approximate surface area is 161 Å². The number of hydrogen-bond acceptors (Lipinski definition) is 6. The first kappa shape index (κ1) is 24.4. The molecule has 0 saturated carbocycles. The minimum absolute atomic E-state index is 0. The summed E-state index contributed by atoms with van der Waals surface area (Å²) in [5.41, 5.74) is 6.45. The van der Waals surface area contributed by atoms with Gasteiger partial charge in [0.05, 0.1) is 18.4 Å². The summed E-state index contributed by atoms with van der Waals surface area (Å²) < 4.78 is 28.1. The van der Waals surface area contributed by atoms with E-state index in [-0.39, 0.29) is 24.1 Å². The minimum Gasteiger partial charge on any atom is -0.468 e. The van der Waals surface area contributed by atoms with E-state index in [4.69, 9.17) is 5.73 Å². The quantitative estimate of drug-likeness (QED) is 0.597. The number of nitrogens with one attached hydrogen (secondary N) is 1. The van der Waals surface area contributed by atoms with Crippen LogP contribution in [-0.4, -0.2) is 38.7 Å². The Morgan fingerprint density at radius 1 is 1.19 bits per heavy atom. The zero-order chi connectivity index (χ0) is 19.1. The third kappa shape index (κ3) is 8.16. The van der Waals surface area contributed by atoms with Crippen molar-refractivity contribution in [1.82, 2.24) is 5.32 Å². The molecule has 1 atom stereocenters. The van der Waals surface area contributed by atoms with Crippen molar-refractivity contribution in [2.45, 2.75) is 44.5 Å². The lowest BCUT2D eigenvalue weighted by atomic mass is 9.96. The second-order valence-electron chi connectivity index (χ2n) is 6.28. The van der Waals surface area contributed by atoms with Crippen LogP contribution in [-0.2, 0) is 36.5 Å². The maximum absolute atomic E-state index is 12.1. The van der Waals surface area contributed by atoms with E-state index in [1.165, 1.54) is 0 Å². The topological polar surface area (TPSA) is 116 Å². The number of ether oxygens (including phenoxy) is 1. The van der Waals surface area contributed by atoms with E-state index in [1.54, 1.807) is 31.2 Å². The Kier molecular flexibility index (Phi) is 9.83. The van der Waals surface area contributed by atoms with Crippen LogP contribution in [0.5, 0.6) is 0 Å². The van der Waals surface area contributed by atoms with Crippen LogP contribution >= 0.6 is 12.4 Å². The molecule has 0 heterocycles. The van der Waals surface area contributed by atoms with Gasteiger partial charge in [0, 0.05) is 6.54 Å². The SMILES string of the molecule is CCCC(C)(N)C(=O)NCc1ccc(CS(=O)(=O)CC(=O)OC)cc1.Cl. The van der Waals surface area contributed by atoms with Crippen LogP contribution in [0.4, 0.5) is 0 Å². The number of rotatable bonds is 9. The largest absolute Gasteiger partial charge is 0.468 e. The van der Waals surface area contributed by atoms with Gasteiger partial charge in [0.15, 0.2) is 9.84 Å². The molecule has 0 aromatic heterocycles. The number of nitrogens with two attached hydrogens (primary N) is 1. The third-order valence-corrected chi connectivity index (χ3v) is 5.16. The van der Waals surface area contributed by atoms with E-state index in [0.717, 1.165) is 19.1 Å². The third-order valence-electron chi connectivity index (χ3n) is 3.72. The fourth-order valence-corrected chi connectivity index (χ4v) is 3.59. The van der Waals surface area contributed by atoms with Gasteiger partial charge in [-0.05, 0) is 24.5 Å². The molecule has 3 N–H and O–H groups in total. The molecule has 26 heavy (non-hydrogen) atoms. The Balaban J connectivity index is 0.00000625. The van der Waals surface area contributed by atoms with Crippen molar-refractivity contribution in [3.05, 3.63) is 35.4 Å². The van der Waals surface area contributed by atoms with Gasteiger partial charge in [-0.2, -0.15) is 0 Å². The van der Waals surface area contributed by atoms with Crippen molar-refractivity contribution >= 4 is 34.1 Å². The maximum atomic E-state index is 12.1. The molecule has 0 aliphatic rings. The Morgan fingerprint density at radius 2 is 1.73 bits per heavy atom. The zero-order valence-corrected chi connectivity index (χ0v) is 16.9. The number of esters is 1. The Morgan fingerprint density at radius 3 is 2.23 bits per heavy atom. The average molecular weight is 407 g/mol. The fourth-order valence-electron chi connectivity index (χ4n) is 2.31. The number of methoxy groups -OCH3 is 1. The zero-order valence-electron chi connectivity index (χ0n) is 15.3. The lowest BCUT2D eigenvalue weighted by molar-refractivity contribution is -0.137. The molecule has 0 radical (unpaired) electrons. The number of sulfone groups is 1. The molecule has 1 aromatic rings. The highest BCUT2D eigenvalue weighted by molar-refractivity contribution is 7.91. The monoisotopic (exact) mass is 406 g/mol. The van der Waals surface area contributed by atoms with Crippen LogP contribution in [0.25, 0.3) is 0 Å². The molecular weight excluding hydrogens is 380 g/mol. The van der Waals surface area contributed by atoms with Gasteiger partial charge < -0.3 is 15.8 Å². The van der Waals surface area contributed by atoms with Crippen LogP contribution in [0.2, 0.25) is 0 Å². The van der Waals surface area contributed by atoms with Gasteiger partial charge in [0.2, 0.25) is 5.91 Å². The van der Waals surface area contributed by atoms with E-state index < -0.39 is 27.1 Å². The smallest absolute Gasteiger partial charge is 0.320 e. The molecule has 148 valence electrons. The van der Waals surface area contributed by atoms with Crippen LogP contribution in [0.15, 0.2) is 24.3 Å². The highest BCUT2D eigenvalue weighted by Crippen LogP contribution is 2.11. The molecule has 1 rings (SSSR count). The molecule has 0 aliphatic carbocycles. The Bertz CT molecular complexity index is 702. The summed E-state index contributed by atoms with van der Waals surface area (Å²) in [6.07, 6.45) is 1.41. The summed E-state index contributed by atoms with van der Waals surface area (Å²) in [6, 6.07) is 6.78. The van der Waals surface area contributed by atoms with Crippen molar-refractivity contribution in [3.8, 4) is 0 Å². The highest BCUT2D eigenvalue weighted by atomic mass is 35.5. The number of hydrogen-bond donors (Lipinski definition) is 2. The van der Waals surface area contributed by atoms with E-state index in [1.807, 2.05) is 6.92 Å². The minimum atomic E-state index is -3.57. The summed E-state index contributed by atoms with van der Waals surface area (Å²) in [5, 5.41) is 2.78. The predicted molar refractivity (Wildman–Crippen MR) is 103 cm³/mol. The first-order valence-corrected chi connectivity index (χ1v) is 9.84. The van der Waals surface area contributed by atoms with Gasteiger partial charge in [0.1, 0.15) is 5.75 Å². The van der Waals surface area contributed by atoms with E-state index in [0.29, 0.717) is 18.5 Å². The van der Waals surface area contributed by atoms with Crippen LogP contribution in [0, 0.1) is 0 Å². The second-order valence-corrected chi connectivity index (χ2v) is 8.34. The van der Waals surface area contributed by atoms with Gasteiger partial charge in [-0.25, -0.2) is 8.42 Å².